The van der Waals surface area contributed by atoms with Crippen LogP contribution in [0.3, 0.4) is 0 Å². The first-order valence-electron chi connectivity index (χ1n) is 7.99. The third kappa shape index (κ3) is 4.39. The number of aromatic nitrogens is 2. The van der Waals surface area contributed by atoms with Gasteiger partial charge in [-0.25, -0.2) is 0 Å². The smallest absolute Gasteiger partial charge is 0.250 e. The van der Waals surface area contributed by atoms with Gasteiger partial charge in [-0.15, -0.1) is 10.2 Å². The Hall–Kier alpha value is -2.25. The van der Waals surface area contributed by atoms with Crippen molar-refractivity contribution >= 4 is 34.1 Å². The number of aryl methyl sites for hydroxylation is 1. The lowest BCUT2D eigenvalue weighted by Gasteiger charge is -2.28. The van der Waals surface area contributed by atoms with Crippen molar-refractivity contribution in [2.75, 3.05) is 36.5 Å². The molecule has 1 aromatic carbocycles. The maximum absolute atomic E-state index is 11.9. The second-order valence-corrected chi connectivity index (χ2v) is 6.43. The Morgan fingerprint density at radius 1 is 1.29 bits per heavy atom. The lowest BCUT2D eigenvalue weighted by atomic mass is 10.1. The van der Waals surface area contributed by atoms with Gasteiger partial charge in [0.25, 0.3) is 0 Å². The quantitative estimate of drug-likeness (QED) is 0.845. The molecule has 0 radical (unpaired) electrons. The van der Waals surface area contributed by atoms with Gasteiger partial charge in [0.2, 0.25) is 11.0 Å². The Bertz CT molecular complexity index is 706. The van der Waals surface area contributed by atoms with Crippen molar-refractivity contribution < 1.29 is 9.53 Å². The van der Waals surface area contributed by atoms with Gasteiger partial charge < -0.3 is 9.64 Å². The number of nitrogens with one attached hydrogen (secondary N) is 1. The third-order valence-electron chi connectivity index (χ3n) is 3.70. The van der Waals surface area contributed by atoms with Crippen molar-refractivity contribution in [2.24, 2.45) is 0 Å². The van der Waals surface area contributed by atoms with E-state index in [0.717, 1.165) is 43.3 Å². The lowest BCUT2D eigenvalue weighted by Crippen LogP contribution is -2.36. The Kier molecular flexibility index (Phi) is 5.55. The SMILES string of the molecule is CCc1nnc(NC(=O)C=Cc2ccc(N3CCOCC3)cc2)s1. The van der Waals surface area contributed by atoms with Crippen molar-refractivity contribution in [1.29, 1.82) is 0 Å². The normalized spacial score (nSPS) is 15.0. The van der Waals surface area contributed by atoms with Crippen LogP contribution in [0.5, 0.6) is 0 Å². The molecule has 0 bridgehead atoms. The summed E-state index contributed by atoms with van der Waals surface area (Å²) in [5, 5.41) is 12.1. The van der Waals surface area contributed by atoms with E-state index in [1.807, 2.05) is 19.1 Å². The molecule has 0 atom stereocenters. The number of carbonyl (C=O) groups excluding carboxylic acids is 1. The molecule has 2 heterocycles. The zero-order valence-corrected chi connectivity index (χ0v) is 14.4. The molecule has 2 aromatic rings. The topological polar surface area (TPSA) is 67.4 Å². The summed E-state index contributed by atoms with van der Waals surface area (Å²) in [6.45, 7) is 5.38. The van der Waals surface area contributed by atoms with Crippen LogP contribution >= 0.6 is 11.3 Å². The van der Waals surface area contributed by atoms with Gasteiger partial charge in [-0.2, -0.15) is 0 Å². The summed E-state index contributed by atoms with van der Waals surface area (Å²) >= 11 is 1.40. The van der Waals surface area contributed by atoms with Crippen molar-refractivity contribution in [3.8, 4) is 0 Å². The number of rotatable bonds is 5. The minimum Gasteiger partial charge on any atom is -0.378 e. The molecule has 3 rings (SSSR count). The third-order valence-corrected chi connectivity index (χ3v) is 4.68. The van der Waals surface area contributed by atoms with Crippen LogP contribution in [0.4, 0.5) is 10.8 Å². The largest absolute Gasteiger partial charge is 0.378 e. The van der Waals surface area contributed by atoms with Crippen LogP contribution in [0.1, 0.15) is 17.5 Å². The molecule has 7 heteroatoms. The van der Waals surface area contributed by atoms with E-state index in [9.17, 15) is 4.79 Å². The predicted octanol–water partition coefficient (Wildman–Crippen LogP) is 2.59. The number of carbonyl (C=O) groups is 1. The molecule has 1 N–H and O–H groups in total. The molecular formula is C17H20N4O2S. The van der Waals surface area contributed by atoms with Crippen molar-refractivity contribution in [3.63, 3.8) is 0 Å². The number of nitrogens with zero attached hydrogens (tertiary/aromatic N) is 3. The second-order valence-electron chi connectivity index (χ2n) is 5.37. The highest BCUT2D eigenvalue weighted by Crippen LogP contribution is 2.18. The molecule has 1 amide bonds. The van der Waals surface area contributed by atoms with Gasteiger partial charge in [-0.05, 0) is 30.2 Å². The van der Waals surface area contributed by atoms with Crippen molar-refractivity contribution in [3.05, 3.63) is 40.9 Å². The number of ether oxygens (including phenoxy) is 1. The van der Waals surface area contributed by atoms with E-state index >= 15 is 0 Å². The van der Waals surface area contributed by atoms with E-state index in [1.165, 1.54) is 23.1 Å². The Balaban J connectivity index is 1.56. The number of morpholine rings is 1. The summed E-state index contributed by atoms with van der Waals surface area (Å²) in [5.41, 5.74) is 2.16. The van der Waals surface area contributed by atoms with Gasteiger partial charge >= 0.3 is 0 Å². The number of benzene rings is 1. The maximum Gasteiger partial charge on any atom is 0.250 e. The summed E-state index contributed by atoms with van der Waals surface area (Å²) in [5.74, 6) is -0.203. The van der Waals surface area contributed by atoms with Gasteiger partial charge in [-0.3, -0.25) is 10.1 Å². The molecule has 1 aliphatic rings. The molecule has 1 saturated heterocycles. The average Bonchev–Trinajstić information content (AvgIpc) is 3.09. The van der Waals surface area contributed by atoms with E-state index < -0.39 is 0 Å². The zero-order valence-electron chi connectivity index (χ0n) is 13.6. The van der Waals surface area contributed by atoms with E-state index in [4.69, 9.17) is 4.74 Å². The summed E-state index contributed by atoms with van der Waals surface area (Å²) < 4.78 is 5.36. The van der Waals surface area contributed by atoms with E-state index in [0.29, 0.717) is 5.13 Å². The fraction of sp³-hybridized carbons (Fsp3) is 0.353. The van der Waals surface area contributed by atoms with E-state index in [1.54, 1.807) is 6.08 Å². The van der Waals surface area contributed by atoms with Gasteiger partial charge in [0.1, 0.15) is 5.01 Å². The fourth-order valence-corrected chi connectivity index (χ4v) is 3.07. The fourth-order valence-electron chi connectivity index (χ4n) is 2.38. The minimum atomic E-state index is -0.203. The maximum atomic E-state index is 11.9. The zero-order chi connectivity index (χ0) is 16.8. The number of hydrogen-bond donors (Lipinski definition) is 1. The van der Waals surface area contributed by atoms with Crippen LogP contribution in [-0.2, 0) is 16.0 Å². The molecule has 24 heavy (non-hydrogen) atoms. The molecular weight excluding hydrogens is 324 g/mol. The molecule has 6 nitrogen and oxygen atoms in total. The molecule has 0 spiro atoms. The Labute approximate surface area is 145 Å². The predicted molar refractivity (Wildman–Crippen MR) is 96.4 cm³/mol. The highest BCUT2D eigenvalue weighted by Gasteiger charge is 2.10. The minimum absolute atomic E-state index is 0.203. The highest BCUT2D eigenvalue weighted by molar-refractivity contribution is 7.15. The first-order chi connectivity index (χ1) is 11.7. The Morgan fingerprint density at radius 2 is 2.04 bits per heavy atom. The van der Waals surface area contributed by atoms with E-state index in [2.05, 4.69) is 32.5 Å². The summed E-state index contributed by atoms with van der Waals surface area (Å²) in [7, 11) is 0. The van der Waals surface area contributed by atoms with Gasteiger partial charge in [-0.1, -0.05) is 30.4 Å². The number of amides is 1. The van der Waals surface area contributed by atoms with Gasteiger partial charge in [0.05, 0.1) is 13.2 Å². The average molecular weight is 344 g/mol. The molecule has 0 saturated carbocycles. The molecule has 1 aromatic heterocycles. The monoisotopic (exact) mass is 344 g/mol. The Morgan fingerprint density at radius 3 is 2.71 bits per heavy atom. The van der Waals surface area contributed by atoms with Crippen LogP contribution in [0.2, 0.25) is 0 Å². The molecule has 0 aliphatic carbocycles. The van der Waals surface area contributed by atoms with Crippen LogP contribution < -0.4 is 10.2 Å². The first-order valence-corrected chi connectivity index (χ1v) is 8.80. The van der Waals surface area contributed by atoms with Crippen LogP contribution in [0, 0.1) is 0 Å². The molecule has 0 unspecified atom stereocenters. The second kappa shape index (κ2) is 8.03. The van der Waals surface area contributed by atoms with Gasteiger partial charge in [0.15, 0.2) is 0 Å². The summed E-state index contributed by atoms with van der Waals surface area (Å²) in [6.07, 6.45) is 4.12. The van der Waals surface area contributed by atoms with Crippen molar-refractivity contribution in [2.45, 2.75) is 13.3 Å². The number of anilines is 2. The standard InChI is InChI=1S/C17H20N4O2S/c1-2-16-19-20-17(24-16)18-15(22)8-5-13-3-6-14(7-4-13)21-9-11-23-12-10-21/h3-8H,2,9-12H2,1H3,(H,18,20,22). The number of hydrogen-bond acceptors (Lipinski definition) is 6. The van der Waals surface area contributed by atoms with Gasteiger partial charge in [0, 0.05) is 24.9 Å². The lowest BCUT2D eigenvalue weighted by molar-refractivity contribution is -0.111. The molecule has 126 valence electrons. The molecule has 1 aliphatic heterocycles. The molecule has 1 fully saturated rings. The van der Waals surface area contributed by atoms with Crippen LogP contribution in [0.15, 0.2) is 30.3 Å². The first kappa shape index (κ1) is 16.6. The summed E-state index contributed by atoms with van der Waals surface area (Å²) in [6, 6.07) is 8.16. The van der Waals surface area contributed by atoms with Crippen molar-refractivity contribution in [1.82, 2.24) is 10.2 Å². The highest BCUT2D eigenvalue weighted by atomic mass is 32.1. The van der Waals surface area contributed by atoms with Crippen LogP contribution in [-0.4, -0.2) is 42.4 Å². The van der Waals surface area contributed by atoms with E-state index in [-0.39, 0.29) is 5.91 Å². The summed E-state index contributed by atoms with van der Waals surface area (Å²) in [4.78, 5) is 14.2. The van der Waals surface area contributed by atoms with Crippen LogP contribution in [0.25, 0.3) is 6.08 Å².